The summed E-state index contributed by atoms with van der Waals surface area (Å²) in [5.74, 6) is 1.81. The van der Waals surface area contributed by atoms with Crippen LogP contribution in [-0.4, -0.2) is 50.8 Å². The van der Waals surface area contributed by atoms with Crippen LogP contribution < -0.4 is 5.32 Å². The number of aryl methyl sites for hydroxylation is 1. The number of likely N-dealkylation sites (tertiary alicyclic amines) is 1. The molecule has 6 heteroatoms. The van der Waals surface area contributed by atoms with Gasteiger partial charge in [0.15, 0.2) is 5.82 Å². The van der Waals surface area contributed by atoms with E-state index < -0.39 is 0 Å². The first-order valence-corrected chi connectivity index (χ1v) is 6.98. The van der Waals surface area contributed by atoms with E-state index in [0.717, 1.165) is 37.4 Å². The molecule has 0 spiro atoms. The van der Waals surface area contributed by atoms with Crippen molar-refractivity contribution in [2.75, 3.05) is 19.6 Å². The van der Waals surface area contributed by atoms with Gasteiger partial charge in [-0.25, -0.2) is 0 Å². The summed E-state index contributed by atoms with van der Waals surface area (Å²) < 4.78 is 0. The van der Waals surface area contributed by atoms with E-state index in [9.17, 15) is 0 Å². The van der Waals surface area contributed by atoms with Gasteiger partial charge < -0.3 is 5.32 Å². The van der Waals surface area contributed by atoms with Crippen molar-refractivity contribution < 1.29 is 0 Å². The molecule has 0 aromatic carbocycles. The highest BCUT2D eigenvalue weighted by atomic mass is 15.6. The van der Waals surface area contributed by atoms with Crippen LogP contribution in [0.1, 0.15) is 31.5 Å². The SMILES string of the molecule is Cn1nnc(CN2CCC(NCC3CC3)CC2)n1. The maximum atomic E-state index is 4.23. The highest BCUT2D eigenvalue weighted by molar-refractivity contribution is 4.84. The van der Waals surface area contributed by atoms with Crippen LogP contribution >= 0.6 is 0 Å². The fraction of sp³-hybridized carbons (Fsp3) is 0.917. The van der Waals surface area contributed by atoms with Crippen molar-refractivity contribution in [3.05, 3.63) is 5.82 Å². The lowest BCUT2D eigenvalue weighted by atomic mass is 10.0. The van der Waals surface area contributed by atoms with E-state index in [1.807, 2.05) is 7.05 Å². The monoisotopic (exact) mass is 250 g/mol. The Balaban J connectivity index is 1.39. The van der Waals surface area contributed by atoms with Crippen LogP contribution in [0.25, 0.3) is 0 Å². The molecule has 18 heavy (non-hydrogen) atoms. The normalized spacial score (nSPS) is 22.5. The fourth-order valence-electron chi connectivity index (χ4n) is 2.54. The summed E-state index contributed by atoms with van der Waals surface area (Å²) in [5.41, 5.74) is 0. The summed E-state index contributed by atoms with van der Waals surface area (Å²) in [6, 6.07) is 0.719. The molecule has 3 rings (SSSR count). The van der Waals surface area contributed by atoms with Gasteiger partial charge in [0.25, 0.3) is 0 Å². The van der Waals surface area contributed by atoms with E-state index in [1.165, 1.54) is 37.0 Å². The second-order valence-electron chi connectivity index (χ2n) is 5.60. The maximum Gasteiger partial charge on any atom is 0.188 e. The van der Waals surface area contributed by atoms with Crippen LogP contribution in [0.3, 0.4) is 0 Å². The van der Waals surface area contributed by atoms with Gasteiger partial charge in [0.05, 0.1) is 13.6 Å². The highest BCUT2D eigenvalue weighted by Gasteiger charge is 2.24. The number of rotatable bonds is 5. The van der Waals surface area contributed by atoms with Crippen molar-refractivity contribution >= 4 is 0 Å². The number of aromatic nitrogens is 4. The van der Waals surface area contributed by atoms with Crippen molar-refractivity contribution in [3.63, 3.8) is 0 Å². The van der Waals surface area contributed by atoms with Gasteiger partial charge >= 0.3 is 0 Å². The van der Waals surface area contributed by atoms with Gasteiger partial charge in [0, 0.05) is 19.1 Å². The van der Waals surface area contributed by atoms with Crippen molar-refractivity contribution in [3.8, 4) is 0 Å². The van der Waals surface area contributed by atoms with E-state index in [-0.39, 0.29) is 0 Å². The third-order valence-electron chi connectivity index (χ3n) is 3.89. The second kappa shape index (κ2) is 5.32. The first kappa shape index (κ1) is 12.0. The molecule has 2 heterocycles. The van der Waals surface area contributed by atoms with Gasteiger partial charge in [-0.15, -0.1) is 10.2 Å². The van der Waals surface area contributed by atoms with E-state index in [1.54, 1.807) is 0 Å². The maximum absolute atomic E-state index is 4.23. The van der Waals surface area contributed by atoms with Crippen molar-refractivity contribution in [1.82, 2.24) is 30.4 Å². The van der Waals surface area contributed by atoms with Crippen molar-refractivity contribution in [1.29, 1.82) is 0 Å². The summed E-state index contributed by atoms with van der Waals surface area (Å²) in [7, 11) is 1.81. The summed E-state index contributed by atoms with van der Waals surface area (Å²) in [6.07, 6.45) is 5.36. The van der Waals surface area contributed by atoms with Gasteiger partial charge in [-0.2, -0.15) is 4.80 Å². The van der Waals surface area contributed by atoms with Crippen LogP contribution in [0.5, 0.6) is 0 Å². The van der Waals surface area contributed by atoms with E-state index in [4.69, 9.17) is 0 Å². The predicted molar refractivity (Wildman–Crippen MR) is 67.8 cm³/mol. The molecular weight excluding hydrogens is 228 g/mol. The van der Waals surface area contributed by atoms with Crippen molar-refractivity contribution in [2.45, 2.75) is 38.3 Å². The first-order chi connectivity index (χ1) is 8.79. The van der Waals surface area contributed by atoms with Crippen LogP contribution in [0, 0.1) is 5.92 Å². The molecule has 0 atom stereocenters. The number of nitrogens with one attached hydrogen (secondary N) is 1. The van der Waals surface area contributed by atoms with E-state index >= 15 is 0 Å². The molecule has 1 aliphatic carbocycles. The molecule has 1 saturated carbocycles. The number of hydrogen-bond acceptors (Lipinski definition) is 5. The topological polar surface area (TPSA) is 58.9 Å². The number of piperidine rings is 1. The Kier molecular flexibility index (Phi) is 3.56. The summed E-state index contributed by atoms with van der Waals surface area (Å²) in [6.45, 7) is 4.35. The van der Waals surface area contributed by atoms with Gasteiger partial charge in [-0.3, -0.25) is 4.90 Å². The number of nitrogens with zero attached hydrogens (tertiary/aromatic N) is 5. The van der Waals surface area contributed by atoms with Crippen LogP contribution in [0.2, 0.25) is 0 Å². The molecule has 6 nitrogen and oxygen atoms in total. The second-order valence-corrected chi connectivity index (χ2v) is 5.60. The Hall–Kier alpha value is -1.01. The molecule has 0 radical (unpaired) electrons. The smallest absolute Gasteiger partial charge is 0.188 e. The van der Waals surface area contributed by atoms with Gasteiger partial charge in [0.2, 0.25) is 0 Å². The molecule has 0 amide bonds. The number of hydrogen-bond donors (Lipinski definition) is 1. The van der Waals surface area contributed by atoms with E-state index in [0.29, 0.717) is 0 Å². The molecule has 1 aliphatic heterocycles. The van der Waals surface area contributed by atoms with Gasteiger partial charge in [0.1, 0.15) is 0 Å². The zero-order chi connectivity index (χ0) is 12.4. The van der Waals surface area contributed by atoms with Crippen molar-refractivity contribution in [2.24, 2.45) is 13.0 Å². The zero-order valence-electron chi connectivity index (χ0n) is 11.0. The molecule has 100 valence electrons. The Morgan fingerprint density at radius 3 is 2.61 bits per heavy atom. The average Bonchev–Trinajstić information content (AvgIpc) is 3.12. The third kappa shape index (κ3) is 3.26. The predicted octanol–water partition coefficient (Wildman–Crippen LogP) is 0.174. The molecule has 1 aromatic heterocycles. The fourth-order valence-corrected chi connectivity index (χ4v) is 2.54. The molecule has 2 fully saturated rings. The molecule has 0 unspecified atom stereocenters. The minimum Gasteiger partial charge on any atom is -0.314 e. The van der Waals surface area contributed by atoms with E-state index in [2.05, 4.69) is 25.6 Å². The quantitative estimate of drug-likeness (QED) is 0.807. The standard InChI is InChI=1S/C12H22N6/c1-17-15-12(14-16-17)9-18-6-4-11(5-7-18)13-8-10-2-3-10/h10-11,13H,2-9H2,1H3. The minimum atomic E-state index is 0.719. The lowest BCUT2D eigenvalue weighted by Crippen LogP contribution is -2.42. The Bertz CT molecular complexity index is 378. The largest absolute Gasteiger partial charge is 0.314 e. The Morgan fingerprint density at radius 1 is 1.22 bits per heavy atom. The summed E-state index contributed by atoms with van der Waals surface area (Å²) >= 11 is 0. The molecule has 1 N–H and O–H groups in total. The van der Waals surface area contributed by atoms with Crippen LogP contribution in [0.15, 0.2) is 0 Å². The van der Waals surface area contributed by atoms with Gasteiger partial charge in [-0.05, 0) is 43.4 Å². The lowest BCUT2D eigenvalue weighted by Gasteiger charge is -2.31. The summed E-state index contributed by atoms with van der Waals surface area (Å²) in [5, 5.41) is 15.8. The van der Waals surface area contributed by atoms with Crippen LogP contribution in [0.4, 0.5) is 0 Å². The van der Waals surface area contributed by atoms with Gasteiger partial charge in [-0.1, -0.05) is 0 Å². The molecular formula is C12H22N6. The molecule has 1 saturated heterocycles. The zero-order valence-corrected chi connectivity index (χ0v) is 11.0. The molecule has 0 bridgehead atoms. The molecule has 1 aromatic rings. The Labute approximate surface area is 108 Å². The Morgan fingerprint density at radius 2 is 2.00 bits per heavy atom. The minimum absolute atomic E-state index is 0.719. The number of tetrazole rings is 1. The first-order valence-electron chi connectivity index (χ1n) is 6.98. The lowest BCUT2D eigenvalue weighted by molar-refractivity contribution is 0.186. The average molecular weight is 250 g/mol. The summed E-state index contributed by atoms with van der Waals surface area (Å²) in [4.78, 5) is 3.95. The van der Waals surface area contributed by atoms with Crippen LogP contribution in [-0.2, 0) is 13.6 Å². The molecule has 2 aliphatic rings. The third-order valence-corrected chi connectivity index (χ3v) is 3.89. The highest BCUT2D eigenvalue weighted by Crippen LogP contribution is 2.28.